The van der Waals surface area contributed by atoms with Gasteiger partial charge >= 0.3 is 0 Å². The van der Waals surface area contributed by atoms with E-state index in [0.717, 1.165) is 12.1 Å². The Hall–Kier alpha value is -3.41. The monoisotopic (exact) mass is 361 g/mol. The summed E-state index contributed by atoms with van der Waals surface area (Å²) in [6.45, 7) is 0.627. The van der Waals surface area contributed by atoms with Gasteiger partial charge < -0.3 is 15.2 Å². The summed E-state index contributed by atoms with van der Waals surface area (Å²) in [4.78, 5) is 41.9. The van der Waals surface area contributed by atoms with Gasteiger partial charge in [-0.2, -0.15) is 0 Å². The van der Waals surface area contributed by atoms with E-state index in [2.05, 4.69) is 10.3 Å². The molecule has 1 saturated heterocycles. The van der Waals surface area contributed by atoms with Gasteiger partial charge in [0.15, 0.2) is 0 Å². The van der Waals surface area contributed by atoms with Crippen LogP contribution < -0.4 is 15.8 Å². The highest BCUT2D eigenvalue weighted by molar-refractivity contribution is 6.03. The van der Waals surface area contributed by atoms with Gasteiger partial charge in [-0.1, -0.05) is 36.4 Å². The number of nitrogens with zero attached hydrogens (tertiary/aromatic N) is 1. The van der Waals surface area contributed by atoms with Crippen LogP contribution in [0.4, 0.5) is 5.69 Å². The van der Waals surface area contributed by atoms with Crippen molar-refractivity contribution in [2.45, 2.75) is 18.9 Å². The van der Waals surface area contributed by atoms with Crippen LogP contribution in [0.5, 0.6) is 0 Å². The van der Waals surface area contributed by atoms with Crippen molar-refractivity contribution in [2.75, 3.05) is 11.4 Å². The number of hydrogen-bond acceptors (Lipinski definition) is 3. The Labute approximate surface area is 155 Å². The van der Waals surface area contributed by atoms with Gasteiger partial charge in [0.2, 0.25) is 5.91 Å². The number of anilines is 1. The van der Waals surface area contributed by atoms with Crippen LogP contribution >= 0.6 is 0 Å². The van der Waals surface area contributed by atoms with E-state index in [9.17, 15) is 14.4 Å². The van der Waals surface area contributed by atoms with Gasteiger partial charge in [-0.25, -0.2) is 0 Å². The number of carbonyl (C=O) groups is 2. The molecule has 27 heavy (non-hydrogen) atoms. The number of hydrogen-bond donors (Lipinski definition) is 2. The van der Waals surface area contributed by atoms with Gasteiger partial charge in [-0.3, -0.25) is 14.4 Å². The zero-order valence-corrected chi connectivity index (χ0v) is 14.6. The topological polar surface area (TPSA) is 82.3 Å². The number of nitrogens with one attached hydrogen (secondary N) is 2. The summed E-state index contributed by atoms with van der Waals surface area (Å²) in [6, 6.07) is 17.5. The van der Waals surface area contributed by atoms with Crippen LogP contribution in [-0.2, 0) is 4.79 Å². The van der Waals surface area contributed by atoms with E-state index < -0.39 is 11.9 Å². The fourth-order valence-electron chi connectivity index (χ4n) is 3.44. The molecule has 0 aliphatic carbocycles. The Morgan fingerprint density at radius 3 is 2.59 bits per heavy atom. The van der Waals surface area contributed by atoms with Crippen LogP contribution in [0.3, 0.4) is 0 Å². The van der Waals surface area contributed by atoms with Crippen molar-refractivity contribution in [3.63, 3.8) is 0 Å². The number of piperidine rings is 1. The first kappa shape index (κ1) is 17.0. The van der Waals surface area contributed by atoms with E-state index in [0.29, 0.717) is 23.7 Å². The molecule has 0 saturated carbocycles. The summed E-state index contributed by atoms with van der Waals surface area (Å²) in [5.74, 6) is -0.588. The smallest absolute Gasteiger partial charge is 0.268 e. The van der Waals surface area contributed by atoms with Crippen LogP contribution in [0.25, 0.3) is 10.8 Å². The first-order valence-corrected chi connectivity index (χ1v) is 8.93. The molecular weight excluding hydrogens is 342 g/mol. The molecule has 2 N–H and O–H groups in total. The molecule has 6 nitrogen and oxygen atoms in total. The zero-order chi connectivity index (χ0) is 18.8. The van der Waals surface area contributed by atoms with Gasteiger partial charge in [0.05, 0.1) is 0 Å². The molecule has 1 unspecified atom stereocenters. The maximum absolute atomic E-state index is 12.8. The van der Waals surface area contributed by atoms with E-state index in [4.69, 9.17) is 0 Å². The van der Waals surface area contributed by atoms with E-state index in [1.165, 1.54) is 0 Å². The summed E-state index contributed by atoms with van der Waals surface area (Å²) in [6.07, 6.45) is 1.37. The fraction of sp³-hybridized carbons (Fsp3) is 0.190. The second-order valence-corrected chi connectivity index (χ2v) is 6.59. The molecule has 1 aliphatic rings. The summed E-state index contributed by atoms with van der Waals surface area (Å²) in [5.41, 5.74) is 0.656. The molecule has 1 atom stereocenters. The lowest BCUT2D eigenvalue weighted by Crippen LogP contribution is -2.52. The Balaban J connectivity index is 1.56. The van der Waals surface area contributed by atoms with Gasteiger partial charge in [-0.05, 0) is 42.5 Å². The molecule has 3 aromatic rings. The summed E-state index contributed by atoms with van der Waals surface area (Å²) in [7, 11) is 0. The maximum atomic E-state index is 12.8. The summed E-state index contributed by atoms with van der Waals surface area (Å²) < 4.78 is 0. The van der Waals surface area contributed by atoms with Crippen molar-refractivity contribution in [3.05, 3.63) is 76.7 Å². The summed E-state index contributed by atoms with van der Waals surface area (Å²) >= 11 is 0. The molecule has 2 amide bonds. The summed E-state index contributed by atoms with van der Waals surface area (Å²) in [5, 5.41) is 3.99. The predicted molar refractivity (Wildman–Crippen MR) is 104 cm³/mol. The minimum Gasteiger partial charge on any atom is -0.339 e. The number of benzene rings is 2. The molecule has 2 aromatic carbocycles. The number of H-pyrrole nitrogens is 1. The quantitative estimate of drug-likeness (QED) is 0.752. The van der Waals surface area contributed by atoms with Crippen molar-refractivity contribution in [3.8, 4) is 0 Å². The lowest BCUT2D eigenvalue weighted by molar-refractivity contribution is -0.121. The molecule has 2 heterocycles. The molecule has 4 rings (SSSR count). The average molecular weight is 361 g/mol. The Morgan fingerprint density at radius 2 is 1.78 bits per heavy atom. The third kappa shape index (κ3) is 3.33. The largest absolute Gasteiger partial charge is 0.339 e. The highest BCUT2D eigenvalue weighted by Crippen LogP contribution is 2.21. The molecule has 1 aliphatic heterocycles. The number of amides is 2. The normalized spacial score (nSPS) is 17.1. The van der Waals surface area contributed by atoms with Gasteiger partial charge in [-0.15, -0.1) is 0 Å². The molecule has 1 aromatic heterocycles. The highest BCUT2D eigenvalue weighted by atomic mass is 16.2. The number of para-hydroxylation sites is 1. The van der Waals surface area contributed by atoms with Crippen LogP contribution in [-0.4, -0.2) is 29.4 Å². The van der Waals surface area contributed by atoms with Gasteiger partial charge in [0.25, 0.3) is 11.5 Å². The highest BCUT2D eigenvalue weighted by Gasteiger charge is 2.31. The van der Waals surface area contributed by atoms with Crippen LogP contribution in [0, 0.1) is 0 Å². The SMILES string of the molecule is O=C(NC1CCCN(c2ccccc2)C1=O)c1cc2ccccc2c(=O)[nH]1. The molecule has 0 spiro atoms. The van der Waals surface area contributed by atoms with E-state index in [1.807, 2.05) is 36.4 Å². The molecular formula is C21H19N3O3. The van der Waals surface area contributed by atoms with E-state index >= 15 is 0 Å². The second-order valence-electron chi connectivity index (χ2n) is 6.59. The number of rotatable bonds is 3. The lowest BCUT2D eigenvalue weighted by Gasteiger charge is -2.32. The number of fused-ring (bicyclic) bond motifs is 1. The van der Waals surface area contributed by atoms with Crippen LogP contribution in [0.1, 0.15) is 23.3 Å². The zero-order valence-electron chi connectivity index (χ0n) is 14.6. The van der Waals surface area contributed by atoms with Gasteiger partial charge in [0, 0.05) is 17.6 Å². The van der Waals surface area contributed by atoms with Crippen molar-refractivity contribution in [2.24, 2.45) is 0 Å². The van der Waals surface area contributed by atoms with Crippen molar-refractivity contribution >= 4 is 28.3 Å². The molecule has 1 fully saturated rings. The van der Waals surface area contributed by atoms with Crippen molar-refractivity contribution in [1.82, 2.24) is 10.3 Å². The van der Waals surface area contributed by atoms with E-state index in [-0.39, 0.29) is 17.2 Å². The Kier molecular flexibility index (Phi) is 4.46. The number of aromatic amines is 1. The standard InChI is InChI=1S/C21H19N3O3/c25-19-16-10-5-4-7-14(16)13-18(23-19)20(26)22-17-11-6-12-24(21(17)27)15-8-2-1-3-9-15/h1-5,7-10,13,17H,6,11-12H2,(H,22,26)(H,23,25). The third-order valence-electron chi connectivity index (χ3n) is 4.81. The molecule has 6 heteroatoms. The molecule has 136 valence electrons. The van der Waals surface area contributed by atoms with Crippen LogP contribution in [0.15, 0.2) is 65.5 Å². The molecule has 0 bridgehead atoms. The Bertz CT molecular complexity index is 1060. The first-order valence-electron chi connectivity index (χ1n) is 8.93. The minimum atomic E-state index is -0.610. The number of aromatic nitrogens is 1. The fourth-order valence-corrected chi connectivity index (χ4v) is 3.44. The van der Waals surface area contributed by atoms with Crippen molar-refractivity contribution < 1.29 is 9.59 Å². The third-order valence-corrected chi connectivity index (χ3v) is 4.81. The first-order chi connectivity index (χ1) is 13.1. The minimum absolute atomic E-state index is 0.135. The van der Waals surface area contributed by atoms with Crippen molar-refractivity contribution in [1.29, 1.82) is 0 Å². The predicted octanol–water partition coefficient (Wildman–Crippen LogP) is 2.45. The van der Waals surface area contributed by atoms with Gasteiger partial charge in [0.1, 0.15) is 11.7 Å². The average Bonchev–Trinajstić information content (AvgIpc) is 2.70. The second kappa shape index (κ2) is 7.07. The molecule has 0 radical (unpaired) electrons. The Morgan fingerprint density at radius 1 is 1.04 bits per heavy atom. The number of carbonyl (C=O) groups excluding carboxylic acids is 2. The van der Waals surface area contributed by atoms with Crippen LogP contribution in [0.2, 0.25) is 0 Å². The lowest BCUT2D eigenvalue weighted by atomic mass is 10.0. The number of pyridine rings is 1. The maximum Gasteiger partial charge on any atom is 0.268 e. The van der Waals surface area contributed by atoms with E-state index in [1.54, 1.807) is 29.2 Å².